The number of benzene rings is 4. The first-order valence-electron chi connectivity index (χ1n) is 15.8. The van der Waals surface area contributed by atoms with E-state index in [2.05, 4.69) is 166 Å². The molecule has 0 heterocycles. The molecule has 0 aliphatic heterocycles. The summed E-state index contributed by atoms with van der Waals surface area (Å²) in [4.78, 5) is 0. The second-order valence-corrected chi connectivity index (χ2v) is 15.7. The quantitative estimate of drug-likeness (QED) is 0.166. The Kier molecular flexibility index (Phi) is 10.8. The van der Waals surface area contributed by atoms with Crippen molar-refractivity contribution in [2.45, 2.75) is 86.5 Å². The second-order valence-electron chi connectivity index (χ2n) is 14.4. The Morgan fingerprint density at radius 3 is 1.66 bits per heavy atom. The summed E-state index contributed by atoms with van der Waals surface area (Å²) in [6.07, 6.45) is 8.41. The van der Waals surface area contributed by atoms with Crippen LogP contribution in [0.5, 0.6) is 0 Å². The third kappa shape index (κ3) is 8.85. The van der Waals surface area contributed by atoms with Crippen molar-refractivity contribution in [2.24, 2.45) is 5.92 Å². The Morgan fingerprint density at radius 2 is 1.23 bits per heavy atom. The van der Waals surface area contributed by atoms with Gasteiger partial charge < -0.3 is 0 Å². The zero-order valence-electron chi connectivity index (χ0n) is 28.4. The average molecular weight is 656 g/mol. The number of aryl methyl sites for hydroxylation is 2. The van der Waals surface area contributed by atoms with E-state index in [1.165, 1.54) is 88.6 Å². The third-order valence-electron chi connectivity index (χ3n) is 8.29. The molecular formula is C43H48Zr. The summed E-state index contributed by atoms with van der Waals surface area (Å²) in [6.45, 7) is 22.1. The fraction of sp³-hybridized carbons (Fsp3) is 0.326. The summed E-state index contributed by atoms with van der Waals surface area (Å²) in [5.41, 5.74) is 15.4. The summed E-state index contributed by atoms with van der Waals surface area (Å²) >= 11 is 1.46. The maximum absolute atomic E-state index is 3.53. The van der Waals surface area contributed by atoms with Crippen LogP contribution in [0.4, 0.5) is 0 Å². The van der Waals surface area contributed by atoms with Gasteiger partial charge in [-0.3, -0.25) is 6.08 Å². The molecule has 0 fully saturated rings. The molecular weight excluding hydrogens is 608 g/mol. The molecule has 0 bridgehead atoms. The summed E-state index contributed by atoms with van der Waals surface area (Å²) in [6, 6.07) is 32.6. The van der Waals surface area contributed by atoms with Crippen molar-refractivity contribution in [3.63, 3.8) is 0 Å². The van der Waals surface area contributed by atoms with Crippen molar-refractivity contribution in [3.8, 4) is 11.1 Å². The van der Waals surface area contributed by atoms with Gasteiger partial charge in [-0.1, -0.05) is 89.1 Å². The van der Waals surface area contributed by atoms with Gasteiger partial charge >= 0.3 is 112 Å². The van der Waals surface area contributed by atoms with E-state index in [0.29, 0.717) is 5.92 Å². The summed E-state index contributed by atoms with van der Waals surface area (Å²) < 4.78 is 1.42. The van der Waals surface area contributed by atoms with Gasteiger partial charge in [0.15, 0.2) is 0 Å². The third-order valence-corrected chi connectivity index (χ3v) is 9.71. The monoisotopic (exact) mass is 654 g/mol. The number of hydrogen-bond donors (Lipinski definition) is 0. The van der Waals surface area contributed by atoms with Crippen molar-refractivity contribution in [2.75, 3.05) is 0 Å². The van der Waals surface area contributed by atoms with Crippen LogP contribution in [-0.4, -0.2) is 3.21 Å². The van der Waals surface area contributed by atoms with Gasteiger partial charge in [0, 0.05) is 0 Å². The number of hydrogen-bond acceptors (Lipinski definition) is 0. The van der Waals surface area contributed by atoms with E-state index in [1.807, 2.05) is 6.08 Å². The molecule has 44 heavy (non-hydrogen) atoms. The molecule has 1 atom stereocenters. The van der Waals surface area contributed by atoms with Gasteiger partial charge in [-0.15, -0.1) is 12.5 Å². The van der Waals surface area contributed by atoms with Crippen LogP contribution in [0, 0.1) is 31.9 Å². The zero-order chi connectivity index (χ0) is 32.2. The normalized spacial score (nSPS) is 14.9. The number of rotatable bonds is 2. The van der Waals surface area contributed by atoms with Crippen LogP contribution in [0.25, 0.3) is 11.1 Å². The molecule has 224 valence electrons. The second kappa shape index (κ2) is 14.0. The number of allylic oxidation sites excluding steroid dienone is 4. The van der Waals surface area contributed by atoms with E-state index in [0.717, 1.165) is 6.42 Å². The molecule has 0 N–H and O–H groups in total. The average Bonchev–Trinajstić information content (AvgIpc) is 3.53. The van der Waals surface area contributed by atoms with Gasteiger partial charge in [0.2, 0.25) is 0 Å². The van der Waals surface area contributed by atoms with Crippen LogP contribution in [0.1, 0.15) is 99.9 Å². The molecule has 0 spiro atoms. The van der Waals surface area contributed by atoms with E-state index < -0.39 is 0 Å². The molecule has 6 rings (SSSR count). The first kappa shape index (κ1) is 34.0. The zero-order valence-corrected chi connectivity index (χ0v) is 30.9. The van der Waals surface area contributed by atoms with Gasteiger partial charge in [0.25, 0.3) is 0 Å². The fourth-order valence-electron chi connectivity index (χ4n) is 5.35. The van der Waals surface area contributed by atoms with Crippen LogP contribution in [0.2, 0.25) is 0 Å². The van der Waals surface area contributed by atoms with Crippen LogP contribution >= 0.6 is 0 Å². The fourth-order valence-corrected chi connectivity index (χ4v) is 6.16. The molecule has 1 unspecified atom stereocenters. The Labute approximate surface area is 282 Å². The van der Waals surface area contributed by atoms with Crippen molar-refractivity contribution < 1.29 is 24.2 Å². The Hall–Kier alpha value is -2.89. The molecule has 2 aliphatic carbocycles. The molecule has 0 nitrogen and oxygen atoms in total. The number of fused-ring (bicyclic) bond motifs is 3. The molecule has 2 aliphatic rings. The molecule has 1 heteroatoms. The van der Waals surface area contributed by atoms with Crippen LogP contribution in [-0.2, 0) is 41.5 Å². The van der Waals surface area contributed by atoms with Crippen molar-refractivity contribution in [1.82, 2.24) is 0 Å². The summed E-state index contributed by atoms with van der Waals surface area (Å²) in [7, 11) is 0. The van der Waals surface area contributed by atoms with E-state index in [-0.39, 0.29) is 10.8 Å². The van der Waals surface area contributed by atoms with E-state index in [4.69, 9.17) is 0 Å². The molecule has 4 aromatic rings. The summed E-state index contributed by atoms with van der Waals surface area (Å²) in [5, 5.41) is 0. The predicted octanol–water partition coefficient (Wildman–Crippen LogP) is 11.0. The van der Waals surface area contributed by atoms with Crippen LogP contribution in [0.15, 0.2) is 96.6 Å². The SMILES string of the molecule is CC(C)(C)c1c[c-]c2c(c1)-c1cc(C(C)(C)C)ccc1C2.CC1=CC(C)[C-]=C1.Cc1ccc([C](=[Zr+2])c2ccc(C)cc2)cc1. The topological polar surface area (TPSA) is 0 Å². The van der Waals surface area contributed by atoms with Crippen molar-refractivity contribution >= 4 is 3.21 Å². The Balaban J connectivity index is 0.000000169. The van der Waals surface area contributed by atoms with Gasteiger partial charge in [-0.05, 0) is 17.4 Å². The van der Waals surface area contributed by atoms with Crippen molar-refractivity contribution in [3.05, 3.63) is 153 Å². The molecule has 0 saturated heterocycles. The molecule has 0 saturated carbocycles. The molecule has 0 radical (unpaired) electrons. The Morgan fingerprint density at radius 1 is 0.705 bits per heavy atom. The van der Waals surface area contributed by atoms with Gasteiger partial charge in [-0.25, -0.2) is 11.6 Å². The van der Waals surface area contributed by atoms with Gasteiger partial charge in [0.05, 0.1) is 0 Å². The minimum atomic E-state index is 0.177. The van der Waals surface area contributed by atoms with E-state index in [9.17, 15) is 0 Å². The Bertz CT molecular complexity index is 1550. The van der Waals surface area contributed by atoms with E-state index >= 15 is 0 Å². The predicted molar refractivity (Wildman–Crippen MR) is 187 cm³/mol. The van der Waals surface area contributed by atoms with E-state index in [1.54, 1.807) is 0 Å². The molecule has 4 aromatic carbocycles. The maximum atomic E-state index is 3.53. The first-order chi connectivity index (χ1) is 20.6. The van der Waals surface area contributed by atoms with Crippen molar-refractivity contribution in [1.29, 1.82) is 0 Å². The van der Waals surface area contributed by atoms with Gasteiger partial charge in [-0.2, -0.15) is 35.4 Å². The van der Waals surface area contributed by atoms with Crippen LogP contribution < -0.4 is 0 Å². The standard InChI is InChI=1S/C21H25.C15H14.C7H9.Zr/c1-20(2,3)16-9-7-14-11-15-8-10-17(21(4,5)6)13-19(15)18(14)12-16;1-12-3-7-14(8-4-12)11-15-9-5-13(2)6-10-15;1-6-3-4-7(2)5-6;/h7,9-10,12-13H,11H2,1-6H3;3-10H,1-2H3;3,5,7H,1-2H3;/q-1;;-1;+2. The molecule has 0 amide bonds. The first-order valence-corrected chi connectivity index (χ1v) is 17.0. The summed E-state index contributed by atoms with van der Waals surface area (Å²) in [5.74, 6) is 0.556. The molecule has 0 aromatic heterocycles. The van der Waals surface area contributed by atoms with Gasteiger partial charge in [0.1, 0.15) is 0 Å². The van der Waals surface area contributed by atoms with Crippen LogP contribution in [0.3, 0.4) is 0 Å². The minimum absolute atomic E-state index is 0.177.